The van der Waals surface area contributed by atoms with E-state index in [9.17, 15) is 0 Å². The largest absolute Gasteiger partial charge is 0.345 e. The Kier molecular flexibility index (Phi) is 2.90. The quantitative estimate of drug-likeness (QED) is 0.827. The summed E-state index contributed by atoms with van der Waals surface area (Å²) >= 11 is 0. The second-order valence-corrected chi connectivity index (χ2v) is 9.24. The van der Waals surface area contributed by atoms with Crippen LogP contribution in [0.25, 0.3) is 10.9 Å². The molecule has 3 heteroatoms. The monoisotopic (exact) mass is 323 g/mol. The SMILES string of the molecule is CCn1c(C)c(C2N3CC4(C)CN2CC(C)(C3)C4)c2ccccc21. The molecule has 0 aliphatic carbocycles. The highest BCUT2D eigenvalue weighted by Gasteiger charge is 2.56. The smallest absolute Gasteiger partial charge is 0.0910 e. The van der Waals surface area contributed by atoms with Gasteiger partial charge in [0.15, 0.2) is 0 Å². The Morgan fingerprint density at radius 1 is 1.00 bits per heavy atom. The molecular formula is C21H29N3. The zero-order valence-corrected chi connectivity index (χ0v) is 15.5. The molecule has 4 aliphatic heterocycles. The summed E-state index contributed by atoms with van der Waals surface area (Å²) in [6, 6.07) is 9.01. The maximum absolute atomic E-state index is 2.78. The lowest BCUT2D eigenvalue weighted by Gasteiger charge is -2.66. The normalized spacial score (nSPS) is 40.6. The predicted molar refractivity (Wildman–Crippen MR) is 99.1 cm³/mol. The zero-order chi connectivity index (χ0) is 16.7. The van der Waals surface area contributed by atoms with Crippen LogP contribution in [0.1, 0.15) is 44.6 Å². The first-order chi connectivity index (χ1) is 11.4. The topological polar surface area (TPSA) is 11.4 Å². The molecule has 0 saturated carbocycles. The maximum atomic E-state index is 2.78. The van der Waals surface area contributed by atoms with Gasteiger partial charge in [-0.2, -0.15) is 0 Å². The van der Waals surface area contributed by atoms with Crippen LogP contribution in [-0.2, 0) is 6.54 Å². The second kappa shape index (κ2) is 4.64. The Labute approximate surface area is 145 Å². The summed E-state index contributed by atoms with van der Waals surface area (Å²) in [6.07, 6.45) is 1.87. The fourth-order valence-electron chi connectivity index (χ4n) is 6.56. The van der Waals surface area contributed by atoms with Crippen molar-refractivity contribution in [3.63, 3.8) is 0 Å². The minimum absolute atomic E-state index is 0.476. The fraction of sp³-hybridized carbons (Fsp3) is 0.619. The Balaban J connectivity index is 1.68. The van der Waals surface area contributed by atoms with E-state index in [0.717, 1.165) is 6.54 Å². The fourth-order valence-corrected chi connectivity index (χ4v) is 6.56. The third kappa shape index (κ3) is 1.86. The minimum Gasteiger partial charge on any atom is -0.345 e. The number of hydrogen-bond donors (Lipinski definition) is 0. The van der Waals surface area contributed by atoms with Gasteiger partial charge in [0.25, 0.3) is 0 Å². The van der Waals surface area contributed by atoms with Gasteiger partial charge in [-0.1, -0.05) is 32.0 Å². The van der Waals surface area contributed by atoms with Gasteiger partial charge in [0, 0.05) is 54.9 Å². The molecule has 2 aromatic rings. The van der Waals surface area contributed by atoms with Crippen molar-refractivity contribution < 1.29 is 0 Å². The van der Waals surface area contributed by atoms with E-state index in [0.29, 0.717) is 17.0 Å². The Hall–Kier alpha value is -1.32. The molecule has 0 N–H and O–H groups in total. The molecule has 0 atom stereocenters. The molecule has 4 aliphatic rings. The number of piperidine rings is 2. The van der Waals surface area contributed by atoms with Crippen LogP contribution in [-0.4, -0.2) is 40.5 Å². The molecule has 4 fully saturated rings. The second-order valence-electron chi connectivity index (χ2n) is 9.24. The Morgan fingerprint density at radius 2 is 1.58 bits per heavy atom. The van der Waals surface area contributed by atoms with E-state index in [1.54, 1.807) is 5.56 Å². The molecule has 0 amide bonds. The average molecular weight is 323 g/mol. The Morgan fingerprint density at radius 3 is 2.17 bits per heavy atom. The van der Waals surface area contributed by atoms with Crippen molar-refractivity contribution in [2.75, 3.05) is 26.2 Å². The summed E-state index contributed by atoms with van der Waals surface area (Å²) in [7, 11) is 0. The van der Waals surface area contributed by atoms with Gasteiger partial charge in [-0.05, 0) is 37.2 Å². The number of nitrogens with zero attached hydrogens (tertiary/aromatic N) is 3. The van der Waals surface area contributed by atoms with E-state index in [-0.39, 0.29) is 0 Å². The third-order valence-corrected chi connectivity index (χ3v) is 6.74. The van der Waals surface area contributed by atoms with Gasteiger partial charge < -0.3 is 4.57 Å². The molecule has 24 heavy (non-hydrogen) atoms. The lowest BCUT2D eigenvalue weighted by molar-refractivity contribution is -0.194. The first-order valence-corrected chi connectivity index (χ1v) is 9.49. The lowest BCUT2D eigenvalue weighted by atomic mass is 9.63. The molecule has 1 aromatic heterocycles. The highest BCUT2D eigenvalue weighted by Crippen LogP contribution is 2.55. The van der Waals surface area contributed by atoms with Gasteiger partial charge in [-0.25, -0.2) is 0 Å². The van der Waals surface area contributed by atoms with Gasteiger partial charge in [0.2, 0.25) is 0 Å². The highest BCUT2D eigenvalue weighted by molar-refractivity contribution is 5.86. The predicted octanol–water partition coefficient (Wildman–Crippen LogP) is 4.02. The average Bonchev–Trinajstić information content (AvgIpc) is 2.76. The number of fused-ring (bicyclic) bond motifs is 1. The molecule has 3 nitrogen and oxygen atoms in total. The summed E-state index contributed by atoms with van der Waals surface area (Å²) in [5.74, 6) is 0. The summed E-state index contributed by atoms with van der Waals surface area (Å²) in [5, 5.41) is 1.46. The summed E-state index contributed by atoms with van der Waals surface area (Å²) in [5.41, 5.74) is 5.41. The molecule has 6 rings (SSSR count). The van der Waals surface area contributed by atoms with E-state index in [2.05, 4.69) is 66.3 Å². The molecule has 4 bridgehead atoms. The van der Waals surface area contributed by atoms with Crippen LogP contribution >= 0.6 is 0 Å². The van der Waals surface area contributed by atoms with Gasteiger partial charge in [0.05, 0.1) is 6.17 Å². The number of aromatic nitrogens is 1. The molecule has 0 radical (unpaired) electrons. The molecule has 0 spiro atoms. The summed E-state index contributed by atoms with van der Waals surface area (Å²) in [4.78, 5) is 5.57. The molecule has 0 unspecified atom stereocenters. The van der Waals surface area contributed by atoms with Gasteiger partial charge in [-0.3, -0.25) is 9.80 Å². The van der Waals surface area contributed by atoms with Crippen LogP contribution in [0.5, 0.6) is 0 Å². The summed E-state index contributed by atoms with van der Waals surface area (Å²) < 4.78 is 2.50. The van der Waals surface area contributed by atoms with Gasteiger partial charge in [0.1, 0.15) is 0 Å². The maximum Gasteiger partial charge on any atom is 0.0910 e. The number of para-hydroxylation sites is 1. The zero-order valence-electron chi connectivity index (χ0n) is 15.5. The van der Waals surface area contributed by atoms with Crippen molar-refractivity contribution in [1.82, 2.24) is 14.4 Å². The first-order valence-electron chi connectivity index (χ1n) is 9.49. The van der Waals surface area contributed by atoms with Crippen LogP contribution in [0.4, 0.5) is 0 Å². The third-order valence-electron chi connectivity index (χ3n) is 6.74. The van der Waals surface area contributed by atoms with E-state index in [4.69, 9.17) is 0 Å². The molecule has 128 valence electrons. The lowest BCUT2D eigenvalue weighted by Crippen LogP contribution is -2.70. The van der Waals surface area contributed by atoms with Gasteiger partial charge in [-0.15, -0.1) is 0 Å². The van der Waals surface area contributed by atoms with E-state index < -0.39 is 0 Å². The standard InChI is InChI=1S/C21H29N3/c1-5-24-15(2)18(16-8-6-7-9-17(16)24)19-22-11-20(3)10-21(4,13-22)14-23(19)12-20/h6-9,19H,5,10-14H2,1-4H3. The van der Waals surface area contributed by atoms with Gasteiger partial charge >= 0.3 is 0 Å². The van der Waals surface area contributed by atoms with E-state index in [1.165, 1.54) is 49.2 Å². The highest BCUT2D eigenvalue weighted by atomic mass is 15.4. The van der Waals surface area contributed by atoms with E-state index >= 15 is 0 Å². The van der Waals surface area contributed by atoms with Crippen molar-refractivity contribution in [2.45, 2.75) is 46.8 Å². The van der Waals surface area contributed by atoms with Crippen molar-refractivity contribution in [3.05, 3.63) is 35.5 Å². The minimum atomic E-state index is 0.476. The Bertz CT molecular complexity index is 782. The van der Waals surface area contributed by atoms with Crippen LogP contribution < -0.4 is 0 Å². The van der Waals surface area contributed by atoms with Crippen LogP contribution in [0, 0.1) is 17.8 Å². The van der Waals surface area contributed by atoms with Crippen LogP contribution in [0.15, 0.2) is 24.3 Å². The van der Waals surface area contributed by atoms with Crippen molar-refractivity contribution in [2.24, 2.45) is 10.8 Å². The molecule has 5 heterocycles. The number of rotatable bonds is 2. The van der Waals surface area contributed by atoms with Crippen molar-refractivity contribution in [1.29, 1.82) is 0 Å². The molecule has 4 saturated heterocycles. The summed E-state index contributed by atoms with van der Waals surface area (Å²) in [6.45, 7) is 15.7. The van der Waals surface area contributed by atoms with Crippen LogP contribution in [0.2, 0.25) is 0 Å². The molecular weight excluding hydrogens is 294 g/mol. The van der Waals surface area contributed by atoms with Crippen LogP contribution in [0.3, 0.4) is 0 Å². The van der Waals surface area contributed by atoms with E-state index in [1.807, 2.05) is 0 Å². The molecule has 1 aromatic carbocycles. The number of aryl methyl sites for hydroxylation is 1. The van der Waals surface area contributed by atoms with Crippen molar-refractivity contribution in [3.8, 4) is 0 Å². The number of benzene rings is 1. The first kappa shape index (κ1) is 15.0. The number of hydrogen-bond acceptors (Lipinski definition) is 2. The van der Waals surface area contributed by atoms with Crippen molar-refractivity contribution >= 4 is 10.9 Å².